The summed E-state index contributed by atoms with van der Waals surface area (Å²) in [5.74, 6) is 0. The summed E-state index contributed by atoms with van der Waals surface area (Å²) in [6.45, 7) is 17.7. The van der Waals surface area contributed by atoms with E-state index in [1.807, 2.05) is 0 Å². The van der Waals surface area contributed by atoms with Crippen LogP contribution in [0.1, 0.15) is 48.5 Å². The second kappa shape index (κ2) is 3.14. The first-order valence-corrected chi connectivity index (χ1v) is 9.73. The molecule has 1 atom stereocenters. The number of hydrogen-bond acceptors (Lipinski definition) is 2. The van der Waals surface area contributed by atoms with E-state index in [0.717, 1.165) is 5.71 Å². The molecule has 17 heavy (non-hydrogen) atoms. The molecular weight excluding hydrogens is 227 g/mol. The maximum atomic E-state index is 8.65. The summed E-state index contributed by atoms with van der Waals surface area (Å²) >= 11 is 0. The Balaban J connectivity index is 3.63. The van der Waals surface area contributed by atoms with Crippen LogP contribution in [-0.2, 0) is 0 Å². The molecule has 1 unspecified atom stereocenters. The molecule has 0 aliphatic carbocycles. The summed E-state index contributed by atoms with van der Waals surface area (Å²) in [6, 6.07) is 0. The molecular formula is C14H31N2P. The molecule has 0 aromatic rings. The monoisotopic (exact) mass is 258 g/mol. The number of nitrogens with two attached hydrogens (primary N) is 1. The summed E-state index contributed by atoms with van der Waals surface area (Å²) in [5.41, 5.74) is 8.02. The van der Waals surface area contributed by atoms with E-state index in [1.165, 1.54) is 0 Å². The van der Waals surface area contributed by atoms with Gasteiger partial charge in [-0.25, -0.2) is 0 Å². The van der Waals surface area contributed by atoms with Crippen molar-refractivity contribution in [3.05, 3.63) is 0 Å². The van der Waals surface area contributed by atoms with Crippen LogP contribution in [0.15, 0.2) is 0 Å². The van der Waals surface area contributed by atoms with E-state index < -0.39 is 6.75 Å². The first-order chi connectivity index (χ1) is 7.06. The molecule has 0 bridgehead atoms. The van der Waals surface area contributed by atoms with Crippen molar-refractivity contribution in [1.82, 2.24) is 0 Å². The van der Waals surface area contributed by atoms with Crippen molar-refractivity contribution in [2.24, 2.45) is 16.3 Å². The SMILES string of the molecule is CC(C)(C)C1C(=N)C(C)(C)C(C)(C)P1(C)(C)N. The normalized spacial score (nSPS) is 36.2. The fourth-order valence-electron chi connectivity index (χ4n) is 3.90. The van der Waals surface area contributed by atoms with Crippen LogP contribution in [0, 0.1) is 16.2 Å². The van der Waals surface area contributed by atoms with Gasteiger partial charge >= 0.3 is 107 Å². The average Bonchev–Trinajstić information content (AvgIpc) is 2.03. The van der Waals surface area contributed by atoms with Crippen LogP contribution in [0.5, 0.6) is 0 Å². The Morgan fingerprint density at radius 2 is 1.47 bits per heavy atom. The minimum absolute atomic E-state index is 0.00757. The van der Waals surface area contributed by atoms with Gasteiger partial charge in [-0.3, -0.25) is 0 Å². The van der Waals surface area contributed by atoms with Crippen LogP contribution in [-0.4, -0.2) is 29.9 Å². The van der Waals surface area contributed by atoms with Crippen molar-refractivity contribution in [2.75, 3.05) is 13.3 Å². The summed E-state index contributed by atoms with van der Waals surface area (Å²) in [7, 11) is 0. The topological polar surface area (TPSA) is 49.9 Å². The summed E-state index contributed by atoms with van der Waals surface area (Å²) in [4.78, 5) is 0. The standard InChI is InChI=1S/C14H31N2P/c1-12(2,3)11-10(15)13(4,5)14(6,7)17(11,8,9)16/h11,15H,16H2,1-9H3. The summed E-state index contributed by atoms with van der Waals surface area (Å²) in [6.07, 6.45) is 0. The van der Waals surface area contributed by atoms with Crippen molar-refractivity contribution in [3.8, 4) is 0 Å². The molecule has 1 rings (SSSR count). The molecule has 1 heterocycles. The van der Waals surface area contributed by atoms with E-state index in [1.54, 1.807) is 0 Å². The Morgan fingerprint density at radius 3 is 1.59 bits per heavy atom. The fraction of sp³-hybridized carbons (Fsp3) is 0.929. The predicted molar refractivity (Wildman–Crippen MR) is 81.8 cm³/mol. The molecule has 0 aromatic heterocycles. The van der Waals surface area contributed by atoms with Gasteiger partial charge in [-0.15, -0.1) is 0 Å². The van der Waals surface area contributed by atoms with Crippen LogP contribution in [0.2, 0.25) is 0 Å². The van der Waals surface area contributed by atoms with Crippen LogP contribution in [0.3, 0.4) is 0 Å². The Bertz CT molecular complexity index is 364. The number of nitrogens with one attached hydrogen (secondary N) is 1. The molecule has 1 aliphatic heterocycles. The van der Waals surface area contributed by atoms with Gasteiger partial charge in [0, 0.05) is 0 Å². The molecule has 3 N–H and O–H groups in total. The van der Waals surface area contributed by atoms with Crippen LogP contribution in [0.25, 0.3) is 0 Å². The third kappa shape index (κ3) is 1.56. The van der Waals surface area contributed by atoms with E-state index >= 15 is 0 Å². The van der Waals surface area contributed by atoms with E-state index in [9.17, 15) is 0 Å². The fourth-order valence-corrected chi connectivity index (χ4v) is 9.93. The summed E-state index contributed by atoms with van der Waals surface area (Å²) in [5, 5.41) is 8.66. The first-order valence-electron chi connectivity index (χ1n) is 6.46. The second-order valence-corrected chi connectivity index (χ2v) is 15.0. The van der Waals surface area contributed by atoms with E-state index in [-0.39, 0.29) is 21.6 Å². The molecule has 102 valence electrons. The Labute approximate surface area is 107 Å². The number of rotatable bonds is 0. The van der Waals surface area contributed by atoms with Crippen LogP contribution >= 0.6 is 6.75 Å². The molecule has 0 radical (unpaired) electrons. The number of hydrogen-bond donors (Lipinski definition) is 2. The predicted octanol–water partition coefficient (Wildman–Crippen LogP) is 3.93. The second-order valence-electron chi connectivity index (χ2n) is 8.70. The van der Waals surface area contributed by atoms with Gasteiger partial charge in [-0.05, 0) is 0 Å². The Morgan fingerprint density at radius 1 is 1.12 bits per heavy atom. The first kappa shape index (κ1) is 15.1. The zero-order chi connectivity index (χ0) is 14.1. The van der Waals surface area contributed by atoms with Crippen molar-refractivity contribution < 1.29 is 0 Å². The molecule has 1 aliphatic rings. The Hall–Kier alpha value is 0.0600. The van der Waals surface area contributed by atoms with E-state index in [4.69, 9.17) is 10.9 Å². The maximum absolute atomic E-state index is 8.65. The van der Waals surface area contributed by atoms with Gasteiger partial charge in [0.15, 0.2) is 0 Å². The van der Waals surface area contributed by atoms with Crippen LogP contribution < -0.4 is 5.50 Å². The summed E-state index contributed by atoms with van der Waals surface area (Å²) < 4.78 is 0. The zero-order valence-electron chi connectivity index (χ0n) is 13.1. The molecule has 0 aromatic carbocycles. The van der Waals surface area contributed by atoms with Gasteiger partial charge in [-0.2, -0.15) is 0 Å². The molecule has 2 nitrogen and oxygen atoms in total. The van der Waals surface area contributed by atoms with Crippen molar-refractivity contribution in [3.63, 3.8) is 0 Å². The molecule has 1 saturated heterocycles. The van der Waals surface area contributed by atoms with E-state index in [2.05, 4.69) is 61.8 Å². The third-order valence-electron chi connectivity index (χ3n) is 5.85. The zero-order valence-corrected chi connectivity index (χ0v) is 14.0. The van der Waals surface area contributed by atoms with Gasteiger partial charge in [-0.1, -0.05) is 0 Å². The van der Waals surface area contributed by atoms with Crippen LogP contribution in [0.4, 0.5) is 0 Å². The van der Waals surface area contributed by atoms with E-state index in [0.29, 0.717) is 0 Å². The molecule has 1 fully saturated rings. The third-order valence-corrected chi connectivity index (χ3v) is 12.6. The van der Waals surface area contributed by atoms with Gasteiger partial charge < -0.3 is 0 Å². The van der Waals surface area contributed by atoms with Gasteiger partial charge in [0.05, 0.1) is 0 Å². The quantitative estimate of drug-likeness (QED) is 0.636. The van der Waals surface area contributed by atoms with Gasteiger partial charge in [0.25, 0.3) is 0 Å². The van der Waals surface area contributed by atoms with Crippen molar-refractivity contribution >= 4 is 12.5 Å². The molecule has 0 spiro atoms. The molecule has 0 saturated carbocycles. The van der Waals surface area contributed by atoms with Gasteiger partial charge in [0.2, 0.25) is 0 Å². The van der Waals surface area contributed by atoms with Crippen molar-refractivity contribution in [2.45, 2.75) is 59.3 Å². The van der Waals surface area contributed by atoms with Crippen molar-refractivity contribution in [1.29, 1.82) is 5.41 Å². The molecule has 0 amide bonds. The average molecular weight is 258 g/mol. The molecule has 3 heteroatoms. The Kier molecular flexibility index (Phi) is 2.79. The minimum atomic E-state index is -2.44. The van der Waals surface area contributed by atoms with Gasteiger partial charge in [0.1, 0.15) is 0 Å².